The molecule has 0 aliphatic carbocycles. The lowest BCUT2D eigenvalue weighted by Gasteiger charge is -2.08. The normalized spacial score (nSPS) is 9.89. The highest BCUT2D eigenvalue weighted by Gasteiger charge is 2.08. The second-order valence-electron chi connectivity index (χ2n) is 3.42. The minimum atomic E-state index is -0.596. The monoisotopic (exact) mass is 281 g/mol. The first-order chi connectivity index (χ1) is 8.60. The molecule has 0 amide bonds. The van der Waals surface area contributed by atoms with Crippen molar-refractivity contribution in [1.29, 1.82) is 5.26 Å². The van der Waals surface area contributed by atoms with E-state index in [2.05, 4.69) is 10.3 Å². The third-order valence-corrected chi connectivity index (χ3v) is 2.69. The summed E-state index contributed by atoms with van der Waals surface area (Å²) in [5, 5.41) is 12.1. The number of hydrogen-bond acceptors (Lipinski definition) is 3. The summed E-state index contributed by atoms with van der Waals surface area (Å²) in [4.78, 5) is 3.81. The van der Waals surface area contributed by atoms with Crippen molar-refractivity contribution >= 4 is 34.7 Å². The van der Waals surface area contributed by atoms with Gasteiger partial charge in [-0.1, -0.05) is 23.2 Å². The van der Waals surface area contributed by atoms with Crippen molar-refractivity contribution in [3.63, 3.8) is 0 Å². The highest BCUT2D eigenvalue weighted by molar-refractivity contribution is 6.33. The molecule has 6 heteroatoms. The zero-order chi connectivity index (χ0) is 13.1. The number of aromatic nitrogens is 1. The largest absolute Gasteiger partial charge is 0.337 e. The van der Waals surface area contributed by atoms with Crippen molar-refractivity contribution in [1.82, 2.24) is 4.98 Å². The summed E-state index contributed by atoms with van der Waals surface area (Å²) in [6, 6.07) is 7.74. The van der Waals surface area contributed by atoms with Gasteiger partial charge in [0.2, 0.25) is 0 Å². The lowest BCUT2D eigenvalue weighted by molar-refractivity contribution is 0.626. The van der Waals surface area contributed by atoms with Crippen molar-refractivity contribution in [2.75, 3.05) is 5.32 Å². The molecule has 1 aromatic carbocycles. The van der Waals surface area contributed by atoms with E-state index in [9.17, 15) is 4.39 Å². The maximum absolute atomic E-state index is 13.5. The molecule has 18 heavy (non-hydrogen) atoms. The summed E-state index contributed by atoms with van der Waals surface area (Å²) in [7, 11) is 0. The third-order valence-electron chi connectivity index (χ3n) is 2.16. The van der Waals surface area contributed by atoms with Gasteiger partial charge in [0.05, 0.1) is 27.4 Å². The van der Waals surface area contributed by atoms with E-state index in [4.69, 9.17) is 28.5 Å². The lowest BCUT2D eigenvalue weighted by atomic mass is 10.2. The van der Waals surface area contributed by atoms with Gasteiger partial charge in [-0.2, -0.15) is 5.26 Å². The van der Waals surface area contributed by atoms with Gasteiger partial charge < -0.3 is 5.32 Å². The SMILES string of the molecule is N#Cc1ccc(Cl)c(Nc2ncc(Cl)cc2F)c1. The van der Waals surface area contributed by atoms with Crippen LogP contribution in [0.5, 0.6) is 0 Å². The number of pyridine rings is 1. The summed E-state index contributed by atoms with van der Waals surface area (Å²) < 4.78 is 13.5. The van der Waals surface area contributed by atoms with E-state index in [1.54, 1.807) is 12.1 Å². The Morgan fingerprint density at radius 1 is 1.28 bits per heavy atom. The molecule has 0 saturated heterocycles. The zero-order valence-electron chi connectivity index (χ0n) is 8.92. The quantitative estimate of drug-likeness (QED) is 0.900. The Morgan fingerprint density at radius 2 is 2.06 bits per heavy atom. The predicted octanol–water partition coefficient (Wildman–Crippen LogP) is 4.14. The summed E-state index contributed by atoms with van der Waals surface area (Å²) in [5.74, 6) is -0.600. The van der Waals surface area contributed by atoms with Crippen LogP contribution in [0.1, 0.15) is 5.56 Å². The number of halogens is 3. The van der Waals surface area contributed by atoms with Gasteiger partial charge in [0, 0.05) is 6.20 Å². The Kier molecular flexibility index (Phi) is 3.66. The average Bonchev–Trinajstić information content (AvgIpc) is 2.35. The maximum Gasteiger partial charge on any atom is 0.167 e. The predicted molar refractivity (Wildman–Crippen MR) is 68.7 cm³/mol. The summed E-state index contributed by atoms with van der Waals surface area (Å²) in [6.45, 7) is 0. The molecule has 0 spiro atoms. The van der Waals surface area contributed by atoms with Crippen LogP contribution in [-0.4, -0.2) is 4.98 Å². The Morgan fingerprint density at radius 3 is 2.72 bits per heavy atom. The number of rotatable bonds is 2. The van der Waals surface area contributed by atoms with Crippen LogP contribution in [0.3, 0.4) is 0 Å². The van der Waals surface area contributed by atoms with Crippen molar-refractivity contribution in [3.8, 4) is 6.07 Å². The molecule has 1 aromatic heterocycles. The first-order valence-corrected chi connectivity index (χ1v) is 5.63. The third kappa shape index (κ3) is 2.70. The smallest absolute Gasteiger partial charge is 0.167 e. The van der Waals surface area contributed by atoms with Crippen LogP contribution < -0.4 is 5.32 Å². The van der Waals surface area contributed by atoms with Gasteiger partial charge in [0.25, 0.3) is 0 Å². The molecule has 2 rings (SSSR count). The first kappa shape index (κ1) is 12.6. The minimum Gasteiger partial charge on any atom is -0.337 e. The minimum absolute atomic E-state index is 0.00334. The number of anilines is 2. The van der Waals surface area contributed by atoms with Crippen LogP contribution in [0.15, 0.2) is 30.5 Å². The molecule has 0 aliphatic rings. The summed E-state index contributed by atoms with van der Waals surface area (Å²) >= 11 is 11.5. The van der Waals surface area contributed by atoms with Gasteiger partial charge in [-0.05, 0) is 24.3 Å². The molecule has 1 heterocycles. The van der Waals surface area contributed by atoms with Gasteiger partial charge in [0.15, 0.2) is 11.6 Å². The topological polar surface area (TPSA) is 48.7 Å². The Hall–Kier alpha value is -1.83. The molecule has 2 aromatic rings. The first-order valence-electron chi connectivity index (χ1n) is 4.88. The molecule has 1 N–H and O–H groups in total. The summed E-state index contributed by atoms with van der Waals surface area (Å²) in [5.41, 5.74) is 0.820. The molecule has 90 valence electrons. The Labute approximate surface area is 113 Å². The second-order valence-corrected chi connectivity index (χ2v) is 4.26. The van der Waals surface area contributed by atoms with Crippen molar-refractivity contribution < 1.29 is 4.39 Å². The van der Waals surface area contributed by atoms with Crippen molar-refractivity contribution in [2.45, 2.75) is 0 Å². The van der Waals surface area contributed by atoms with Crippen LogP contribution in [0.25, 0.3) is 0 Å². The number of nitrogens with zero attached hydrogens (tertiary/aromatic N) is 2. The fraction of sp³-hybridized carbons (Fsp3) is 0. The van der Waals surface area contributed by atoms with Gasteiger partial charge in [0.1, 0.15) is 0 Å². The van der Waals surface area contributed by atoms with Crippen LogP contribution >= 0.6 is 23.2 Å². The highest BCUT2D eigenvalue weighted by atomic mass is 35.5. The van der Waals surface area contributed by atoms with Crippen LogP contribution in [-0.2, 0) is 0 Å². The van der Waals surface area contributed by atoms with Crippen molar-refractivity contribution in [2.24, 2.45) is 0 Å². The van der Waals surface area contributed by atoms with E-state index in [1.165, 1.54) is 12.3 Å². The standard InChI is InChI=1S/C12H6Cl2FN3/c13-8-4-10(15)12(17-6-8)18-11-3-7(5-16)1-2-9(11)14/h1-4,6H,(H,17,18). The number of benzene rings is 1. The number of hydrogen-bond donors (Lipinski definition) is 1. The van der Waals surface area contributed by atoms with E-state index in [0.29, 0.717) is 16.3 Å². The van der Waals surface area contributed by atoms with E-state index >= 15 is 0 Å². The molecule has 0 radical (unpaired) electrons. The molecule has 0 aliphatic heterocycles. The Balaban J connectivity index is 2.37. The molecular formula is C12H6Cl2FN3. The van der Waals surface area contributed by atoms with Gasteiger partial charge >= 0.3 is 0 Å². The van der Waals surface area contributed by atoms with Gasteiger partial charge in [-0.15, -0.1) is 0 Å². The number of nitriles is 1. The van der Waals surface area contributed by atoms with Gasteiger partial charge in [-0.25, -0.2) is 9.37 Å². The van der Waals surface area contributed by atoms with E-state index in [1.807, 2.05) is 6.07 Å². The molecule has 0 unspecified atom stereocenters. The van der Waals surface area contributed by atoms with E-state index < -0.39 is 5.82 Å². The zero-order valence-corrected chi connectivity index (χ0v) is 10.4. The molecule has 0 fully saturated rings. The fourth-order valence-electron chi connectivity index (χ4n) is 1.32. The fourth-order valence-corrected chi connectivity index (χ4v) is 1.63. The molecular weight excluding hydrogens is 276 g/mol. The molecule has 0 atom stereocenters. The van der Waals surface area contributed by atoms with Crippen molar-refractivity contribution in [3.05, 3.63) is 51.9 Å². The lowest BCUT2D eigenvalue weighted by Crippen LogP contribution is -1.98. The maximum atomic E-state index is 13.5. The number of nitrogens with one attached hydrogen (secondary N) is 1. The summed E-state index contributed by atoms with van der Waals surface area (Å²) in [6.07, 6.45) is 1.31. The van der Waals surface area contributed by atoms with Gasteiger partial charge in [-0.3, -0.25) is 0 Å². The molecule has 3 nitrogen and oxygen atoms in total. The van der Waals surface area contributed by atoms with Crippen LogP contribution in [0.4, 0.5) is 15.9 Å². The van der Waals surface area contributed by atoms with E-state index in [-0.39, 0.29) is 10.8 Å². The Bertz CT molecular complexity index is 638. The molecule has 0 bridgehead atoms. The van der Waals surface area contributed by atoms with Crippen LogP contribution in [0, 0.1) is 17.1 Å². The second kappa shape index (κ2) is 5.21. The van der Waals surface area contributed by atoms with Crippen LogP contribution in [0.2, 0.25) is 10.0 Å². The molecule has 0 saturated carbocycles. The van der Waals surface area contributed by atoms with E-state index in [0.717, 1.165) is 6.07 Å². The highest BCUT2D eigenvalue weighted by Crippen LogP contribution is 2.27. The average molecular weight is 282 g/mol.